The van der Waals surface area contributed by atoms with Crippen molar-refractivity contribution in [1.29, 1.82) is 0 Å². The van der Waals surface area contributed by atoms with E-state index in [4.69, 9.17) is 11.6 Å². The van der Waals surface area contributed by atoms with Gasteiger partial charge in [-0.15, -0.1) is 0 Å². The normalized spacial score (nSPS) is 16.3. The molecule has 7 heteroatoms. The Balaban J connectivity index is 2.05. The zero-order valence-corrected chi connectivity index (χ0v) is 11.3. The van der Waals surface area contributed by atoms with Crippen molar-refractivity contribution in [2.24, 2.45) is 0 Å². The van der Waals surface area contributed by atoms with Gasteiger partial charge in [0, 0.05) is 12.6 Å². The molecule has 1 aliphatic rings. The second kappa shape index (κ2) is 5.30. The minimum absolute atomic E-state index is 0.0947. The van der Waals surface area contributed by atoms with E-state index >= 15 is 0 Å². The number of aromatic nitrogens is 4. The van der Waals surface area contributed by atoms with Crippen molar-refractivity contribution in [3.05, 3.63) is 11.5 Å². The molecule has 1 aliphatic carbocycles. The Kier molecular flexibility index (Phi) is 3.52. The zero-order chi connectivity index (χ0) is 13.2. The number of anilines is 1. The van der Waals surface area contributed by atoms with Gasteiger partial charge in [0.15, 0.2) is 5.65 Å². The van der Waals surface area contributed by atoms with Crippen LogP contribution in [0.25, 0.3) is 11.0 Å². The van der Waals surface area contributed by atoms with E-state index < -0.39 is 0 Å². The van der Waals surface area contributed by atoms with E-state index in [0.717, 1.165) is 24.0 Å². The van der Waals surface area contributed by atoms with Gasteiger partial charge in [-0.1, -0.05) is 12.8 Å². The molecule has 0 spiro atoms. The number of halogens is 1. The lowest BCUT2D eigenvalue weighted by molar-refractivity contribution is 0.297. The monoisotopic (exact) mass is 281 g/mol. The van der Waals surface area contributed by atoms with Gasteiger partial charge in [0.2, 0.25) is 5.28 Å². The van der Waals surface area contributed by atoms with Gasteiger partial charge < -0.3 is 10.0 Å². The fraction of sp³-hybridized carbons (Fsp3) is 0.583. The molecule has 2 heterocycles. The van der Waals surface area contributed by atoms with Crippen LogP contribution < -0.4 is 4.90 Å². The number of aliphatic hydroxyl groups excluding tert-OH is 1. The predicted octanol–water partition coefficient (Wildman–Crippen LogP) is 1.75. The number of nitrogens with one attached hydrogen (secondary N) is 1. The highest BCUT2D eigenvalue weighted by atomic mass is 35.5. The third kappa shape index (κ3) is 2.37. The van der Waals surface area contributed by atoms with E-state index in [-0.39, 0.29) is 11.9 Å². The molecule has 1 fully saturated rings. The van der Waals surface area contributed by atoms with Crippen LogP contribution in [-0.2, 0) is 0 Å². The molecule has 6 nitrogen and oxygen atoms in total. The molecule has 0 bridgehead atoms. The van der Waals surface area contributed by atoms with Gasteiger partial charge in [-0.3, -0.25) is 5.10 Å². The Bertz CT molecular complexity index is 566. The van der Waals surface area contributed by atoms with Crippen molar-refractivity contribution in [3.8, 4) is 0 Å². The van der Waals surface area contributed by atoms with Crippen molar-refractivity contribution in [1.82, 2.24) is 20.2 Å². The summed E-state index contributed by atoms with van der Waals surface area (Å²) in [6.07, 6.45) is 6.40. The molecule has 2 aromatic rings. The number of hydrogen-bond acceptors (Lipinski definition) is 5. The molecular formula is C12H16ClN5O. The zero-order valence-electron chi connectivity index (χ0n) is 10.5. The highest BCUT2D eigenvalue weighted by Crippen LogP contribution is 2.31. The lowest BCUT2D eigenvalue weighted by Gasteiger charge is -2.29. The first-order valence-electron chi connectivity index (χ1n) is 6.53. The summed E-state index contributed by atoms with van der Waals surface area (Å²) >= 11 is 5.97. The van der Waals surface area contributed by atoms with Crippen molar-refractivity contribution in [2.75, 3.05) is 18.1 Å². The van der Waals surface area contributed by atoms with Crippen LogP contribution in [0.3, 0.4) is 0 Å². The number of fused-ring (bicyclic) bond motifs is 1. The van der Waals surface area contributed by atoms with Crippen molar-refractivity contribution in [2.45, 2.75) is 31.7 Å². The summed E-state index contributed by atoms with van der Waals surface area (Å²) in [5, 5.41) is 17.2. The Hall–Kier alpha value is -1.40. The van der Waals surface area contributed by atoms with Crippen LogP contribution in [-0.4, -0.2) is 44.5 Å². The van der Waals surface area contributed by atoms with Gasteiger partial charge >= 0.3 is 0 Å². The number of H-pyrrole nitrogens is 1. The number of hydrogen-bond donors (Lipinski definition) is 2. The van der Waals surface area contributed by atoms with E-state index in [9.17, 15) is 5.11 Å². The Morgan fingerprint density at radius 3 is 2.89 bits per heavy atom. The summed E-state index contributed by atoms with van der Waals surface area (Å²) in [6, 6.07) is 0.413. The smallest absolute Gasteiger partial charge is 0.226 e. The average molecular weight is 282 g/mol. The maximum absolute atomic E-state index is 9.31. The van der Waals surface area contributed by atoms with Crippen LogP contribution >= 0.6 is 11.6 Å². The van der Waals surface area contributed by atoms with E-state index in [1.165, 1.54) is 12.8 Å². The maximum Gasteiger partial charge on any atom is 0.226 e. The van der Waals surface area contributed by atoms with Crippen LogP contribution in [0.1, 0.15) is 25.7 Å². The van der Waals surface area contributed by atoms with E-state index in [0.29, 0.717) is 18.2 Å². The molecule has 2 N–H and O–H groups in total. The van der Waals surface area contributed by atoms with Crippen molar-refractivity contribution < 1.29 is 5.11 Å². The van der Waals surface area contributed by atoms with E-state index in [1.54, 1.807) is 6.20 Å². The van der Waals surface area contributed by atoms with Gasteiger partial charge in [0.1, 0.15) is 5.82 Å². The van der Waals surface area contributed by atoms with Gasteiger partial charge in [-0.05, 0) is 24.4 Å². The van der Waals surface area contributed by atoms with Gasteiger partial charge in [0.25, 0.3) is 0 Å². The minimum atomic E-state index is 0.0947. The highest BCUT2D eigenvalue weighted by Gasteiger charge is 2.25. The summed E-state index contributed by atoms with van der Waals surface area (Å²) in [6.45, 7) is 0.649. The summed E-state index contributed by atoms with van der Waals surface area (Å²) in [7, 11) is 0. The topological polar surface area (TPSA) is 77.9 Å². The molecule has 0 aromatic carbocycles. The van der Waals surface area contributed by atoms with E-state index in [2.05, 4.69) is 25.1 Å². The first-order chi connectivity index (χ1) is 9.29. The first-order valence-corrected chi connectivity index (χ1v) is 6.91. The molecule has 1 saturated carbocycles. The summed E-state index contributed by atoms with van der Waals surface area (Å²) < 4.78 is 0. The number of aliphatic hydroxyl groups is 1. The molecule has 19 heavy (non-hydrogen) atoms. The SMILES string of the molecule is OCCN(c1nc(Cl)nc2[nH]ncc12)C1CCCC1. The molecule has 3 rings (SSSR count). The lowest BCUT2D eigenvalue weighted by atomic mass is 10.2. The fourth-order valence-electron chi connectivity index (χ4n) is 2.80. The second-order valence-electron chi connectivity index (χ2n) is 4.80. The average Bonchev–Trinajstić information content (AvgIpc) is 3.05. The van der Waals surface area contributed by atoms with Crippen molar-refractivity contribution >= 4 is 28.5 Å². The van der Waals surface area contributed by atoms with Gasteiger partial charge in [-0.25, -0.2) is 0 Å². The van der Waals surface area contributed by atoms with Crippen LogP contribution in [0.4, 0.5) is 5.82 Å². The second-order valence-corrected chi connectivity index (χ2v) is 5.14. The molecule has 0 saturated heterocycles. The molecular weight excluding hydrogens is 266 g/mol. The molecule has 0 aliphatic heterocycles. The quantitative estimate of drug-likeness (QED) is 0.835. The van der Waals surface area contributed by atoms with Crippen molar-refractivity contribution in [3.63, 3.8) is 0 Å². The summed E-state index contributed by atoms with van der Waals surface area (Å²) in [5.41, 5.74) is 0.635. The molecule has 0 amide bonds. The Labute approximate surface area is 115 Å². The van der Waals surface area contributed by atoms with Crippen LogP contribution in [0, 0.1) is 0 Å². The minimum Gasteiger partial charge on any atom is -0.395 e. The third-order valence-corrected chi connectivity index (χ3v) is 3.81. The predicted molar refractivity (Wildman–Crippen MR) is 73.4 cm³/mol. The Morgan fingerprint density at radius 1 is 1.37 bits per heavy atom. The molecule has 102 valence electrons. The third-order valence-electron chi connectivity index (χ3n) is 3.64. The molecule has 2 aromatic heterocycles. The molecule has 0 radical (unpaired) electrons. The number of rotatable bonds is 4. The van der Waals surface area contributed by atoms with Crippen LogP contribution in [0.15, 0.2) is 6.20 Å². The molecule has 0 unspecified atom stereocenters. The number of nitrogens with zero attached hydrogens (tertiary/aromatic N) is 4. The first kappa shape index (κ1) is 12.6. The number of aromatic amines is 1. The van der Waals surface area contributed by atoms with Crippen LogP contribution in [0.2, 0.25) is 5.28 Å². The summed E-state index contributed by atoms with van der Waals surface area (Å²) in [5.74, 6) is 0.768. The standard InChI is InChI=1S/C12H16ClN5O/c13-12-15-10-9(7-14-17-10)11(16-12)18(5-6-19)8-3-1-2-4-8/h7-8,19H,1-6H2,(H,14,15,16,17). The maximum atomic E-state index is 9.31. The van der Waals surface area contributed by atoms with Crippen LogP contribution in [0.5, 0.6) is 0 Å². The lowest BCUT2D eigenvalue weighted by Crippen LogP contribution is -2.36. The van der Waals surface area contributed by atoms with Gasteiger partial charge in [-0.2, -0.15) is 15.1 Å². The van der Waals surface area contributed by atoms with E-state index in [1.807, 2.05) is 0 Å². The Morgan fingerprint density at radius 2 is 2.16 bits per heavy atom. The fourth-order valence-corrected chi connectivity index (χ4v) is 2.96. The van der Waals surface area contributed by atoms with Gasteiger partial charge in [0.05, 0.1) is 18.2 Å². The largest absolute Gasteiger partial charge is 0.395 e. The highest BCUT2D eigenvalue weighted by molar-refractivity contribution is 6.28. The molecule has 0 atom stereocenters. The summed E-state index contributed by atoms with van der Waals surface area (Å²) in [4.78, 5) is 10.6.